The summed E-state index contributed by atoms with van der Waals surface area (Å²) in [5.41, 5.74) is 5.68. The molecule has 18 heavy (non-hydrogen) atoms. The molecule has 0 aliphatic rings. The highest BCUT2D eigenvalue weighted by Gasteiger charge is 2.12. The monoisotopic (exact) mass is 377 g/mol. The lowest BCUT2D eigenvalue weighted by Crippen LogP contribution is -2.02. The number of pyridine rings is 1. The summed E-state index contributed by atoms with van der Waals surface area (Å²) >= 11 is 6.20. The van der Waals surface area contributed by atoms with Crippen LogP contribution in [0.15, 0.2) is 33.3 Å². The molecule has 1 aromatic heterocycles. The van der Waals surface area contributed by atoms with E-state index in [1.807, 2.05) is 0 Å². The average molecular weight is 379 g/mol. The van der Waals surface area contributed by atoms with Crippen molar-refractivity contribution in [3.63, 3.8) is 0 Å². The Labute approximate surface area is 119 Å². The fourth-order valence-electron chi connectivity index (χ4n) is 1.34. The second-order valence-electron chi connectivity index (χ2n) is 3.46. The van der Waals surface area contributed by atoms with Crippen molar-refractivity contribution in [2.45, 2.75) is 0 Å². The van der Waals surface area contributed by atoms with Gasteiger partial charge in [-0.1, -0.05) is 15.9 Å². The van der Waals surface area contributed by atoms with Crippen molar-refractivity contribution in [3.05, 3.63) is 45.0 Å². The number of rotatable bonds is 2. The highest BCUT2D eigenvalue weighted by Crippen LogP contribution is 2.29. The summed E-state index contributed by atoms with van der Waals surface area (Å²) in [7, 11) is 0. The van der Waals surface area contributed by atoms with E-state index in [0.717, 1.165) is 12.1 Å². The van der Waals surface area contributed by atoms with Crippen LogP contribution in [-0.2, 0) is 0 Å². The molecule has 0 aliphatic carbocycles. The predicted octanol–water partition coefficient (Wildman–Crippen LogP) is 4.21. The summed E-state index contributed by atoms with van der Waals surface area (Å²) in [5.74, 6) is -1.27. The Kier molecular flexibility index (Phi) is 3.82. The molecular formula is C11H7Br2F2N3. The summed E-state index contributed by atoms with van der Waals surface area (Å²) in [5, 5.41) is 2.54. The molecule has 0 radical (unpaired) electrons. The van der Waals surface area contributed by atoms with Gasteiger partial charge in [-0.15, -0.1) is 0 Å². The zero-order chi connectivity index (χ0) is 13.3. The third-order valence-corrected chi connectivity index (χ3v) is 3.03. The van der Waals surface area contributed by atoms with Gasteiger partial charge in [-0.05, 0) is 34.1 Å². The second-order valence-corrected chi connectivity index (χ2v) is 5.29. The van der Waals surface area contributed by atoms with E-state index in [2.05, 4.69) is 42.2 Å². The highest BCUT2D eigenvalue weighted by atomic mass is 79.9. The molecule has 0 aliphatic heterocycles. The molecule has 0 atom stereocenters. The molecule has 7 heteroatoms. The summed E-state index contributed by atoms with van der Waals surface area (Å²) in [6, 6.07) is 3.89. The lowest BCUT2D eigenvalue weighted by Gasteiger charge is -2.10. The number of halogens is 4. The normalized spacial score (nSPS) is 10.4. The van der Waals surface area contributed by atoms with Gasteiger partial charge in [-0.2, -0.15) is 0 Å². The van der Waals surface area contributed by atoms with Crippen LogP contribution in [0.3, 0.4) is 0 Å². The van der Waals surface area contributed by atoms with Gasteiger partial charge >= 0.3 is 0 Å². The van der Waals surface area contributed by atoms with E-state index < -0.39 is 11.6 Å². The molecule has 0 amide bonds. The first kappa shape index (κ1) is 13.2. The van der Waals surface area contributed by atoms with E-state index in [4.69, 9.17) is 5.73 Å². The molecule has 3 N–H and O–H groups in total. The van der Waals surface area contributed by atoms with E-state index in [1.165, 1.54) is 6.20 Å². The SMILES string of the molecule is Nc1cc(Br)cnc1Nc1c(F)cc(Br)cc1F. The van der Waals surface area contributed by atoms with E-state index in [1.54, 1.807) is 6.07 Å². The van der Waals surface area contributed by atoms with Crippen molar-refractivity contribution >= 4 is 49.1 Å². The van der Waals surface area contributed by atoms with Gasteiger partial charge in [-0.3, -0.25) is 0 Å². The van der Waals surface area contributed by atoms with Gasteiger partial charge in [0, 0.05) is 15.1 Å². The molecule has 0 fully saturated rings. The molecule has 0 saturated carbocycles. The Bertz CT molecular complexity index is 582. The van der Waals surface area contributed by atoms with Gasteiger partial charge in [-0.25, -0.2) is 13.8 Å². The van der Waals surface area contributed by atoms with Crippen LogP contribution in [0.1, 0.15) is 0 Å². The minimum atomic E-state index is -0.731. The van der Waals surface area contributed by atoms with Gasteiger partial charge < -0.3 is 11.1 Å². The third-order valence-electron chi connectivity index (χ3n) is 2.13. The maximum absolute atomic E-state index is 13.6. The number of nitrogen functional groups attached to an aromatic ring is 1. The summed E-state index contributed by atoms with van der Waals surface area (Å²) in [4.78, 5) is 3.95. The van der Waals surface area contributed by atoms with E-state index >= 15 is 0 Å². The number of nitrogens with zero attached hydrogens (tertiary/aromatic N) is 1. The standard InChI is InChI=1S/C11H7Br2F2N3/c12-5-1-7(14)10(8(15)2-5)18-11-9(16)3-6(13)4-17-11/h1-4H,16H2,(H,17,18). The topological polar surface area (TPSA) is 50.9 Å². The molecule has 0 saturated heterocycles. The maximum atomic E-state index is 13.6. The molecule has 1 aromatic carbocycles. The van der Waals surface area contributed by atoms with Crippen molar-refractivity contribution in [2.24, 2.45) is 0 Å². The first-order chi connectivity index (χ1) is 8.47. The van der Waals surface area contributed by atoms with Gasteiger partial charge in [0.25, 0.3) is 0 Å². The fraction of sp³-hybridized carbons (Fsp3) is 0. The van der Waals surface area contributed by atoms with Crippen molar-refractivity contribution in [2.75, 3.05) is 11.1 Å². The van der Waals surface area contributed by atoms with Crippen LogP contribution in [0.25, 0.3) is 0 Å². The quantitative estimate of drug-likeness (QED) is 0.822. The van der Waals surface area contributed by atoms with Crippen LogP contribution in [0.2, 0.25) is 0 Å². The first-order valence-corrected chi connectivity index (χ1v) is 6.38. The lowest BCUT2D eigenvalue weighted by molar-refractivity contribution is 0.589. The van der Waals surface area contributed by atoms with E-state index in [9.17, 15) is 8.78 Å². The smallest absolute Gasteiger partial charge is 0.153 e. The van der Waals surface area contributed by atoms with Crippen molar-refractivity contribution in [1.82, 2.24) is 4.98 Å². The van der Waals surface area contributed by atoms with Crippen LogP contribution in [-0.4, -0.2) is 4.98 Å². The molecule has 1 heterocycles. The largest absolute Gasteiger partial charge is 0.396 e. The van der Waals surface area contributed by atoms with Crippen LogP contribution >= 0.6 is 31.9 Å². The Morgan fingerprint density at radius 1 is 1.06 bits per heavy atom. The number of anilines is 3. The number of aromatic nitrogens is 1. The number of nitrogens with one attached hydrogen (secondary N) is 1. The average Bonchev–Trinajstić information content (AvgIpc) is 2.25. The molecule has 0 unspecified atom stereocenters. The Hall–Kier alpha value is -1.21. The minimum Gasteiger partial charge on any atom is -0.396 e. The molecule has 3 nitrogen and oxygen atoms in total. The number of hydrogen-bond donors (Lipinski definition) is 2. The van der Waals surface area contributed by atoms with Crippen molar-refractivity contribution in [1.29, 1.82) is 0 Å². The third kappa shape index (κ3) is 2.78. The number of benzene rings is 1. The van der Waals surface area contributed by atoms with E-state index in [0.29, 0.717) is 8.95 Å². The van der Waals surface area contributed by atoms with Gasteiger partial charge in [0.15, 0.2) is 17.5 Å². The Morgan fingerprint density at radius 3 is 2.22 bits per heavy atom. The van der Waals surface area contributed by atoms with Gasteiger partial charge in [0.2, 0.25) is 0 Å². The maximum Gasteiger partial charge on any atom is 0.153 e. The molecule has 0 spiro atoms. The molecule has 94 valence electrons. The highest BCUT2D eigenvalue weighted by molar-refractivity contribution is 9.10. The van der Waals surface area contributed by atoms with Crippen molar-refractivity contribution in [3.8, 4) is 0 Å². The first-order valence-electron chi connectivity index (χ1n) is 4.80. The Morgan fingerprint density at radius 2 is 1.67 bits per heavy atom. The van der Waals surface area contributed by atoms with Crippen molar-refractivity contribution < 1.29 is 8.78 Å². The lowest BCUT2D eigenvalue weighted by atomic mass is 10.3. The van der Waals surface area contributed by atoms with Gasteiger partial charge in [0.05, 0.1) is 5.69 Å². The van der Waals surface area contributed by atoms with Gasteiger partial charge in [0.1, 0.15) is 5.69 Å². The van der Waals surface area contributed by atoms with Crippen LogP contribution in [0.5, 0.6) is 0 Å². The van der Waals surface area contributed by atoms with Crippen LogP contribution in [0, 0.1) is 11.6 Å². The summed E-state index contributed by atoms with van der Waals surface area (Å²) in [6.07, 6.45) is 1.48. The summed E-state index contributed by atoms with van der Waals surface area (Å²) in [6.45, 7) is 0. The zero-order valence-corrected chi connectivity index (χ0v) is 12.0. The van der Waals surface area contributed by atoms with E-state index in [-0.39, 0.29) is 17.2 Å². The minimum absolute atomic E-state index is 0.193. The molecule has 2 aromatic rings. The molecule has 2 rings (SSSR count). The number of nitrogens with two attached hydrogens (primary N) is 1. The fourth-order valence-corrected chi connectivity index (χ4v) is 2.09. The predicted molar refractivity (Wildman–Crippen MR) is 73.7 cm³/mol. The molecular weight excluding hydrogens is 372 g/mol. The molecule has 0 bridgehead atoms. The second kappa shape index (κ2) is 5.19. The van der Waals surface area contributed by atoms with Crippen LogP contribution < -0.4 is 11.1 Å². The number of hydrogen-bond acceptors (Lipinski definition) is 3. The Balaban J connectivity index is 2.40. The zero-order valence-electron chi connectivity index (χ0n) is 8.85. The van der Waals surface area contributed by atoms with Crippen LogP contribution in [0.4, 0.5) is 26.0 Å². The summed E-state index contributed by atoms with van der Waals surface area (Å²) < 4.78 is 28.2.